The van der Waals surface area contributed by atoms with Crippen molar-refractivity contribution < 1.29 is 4.42 Å². The maximum Gasteiger partial charge on any atom is 0.134 e. The Morgan fingerprint density at radius 1 is 1.37 bits per heavy atom. The van der Waals surface area contributed by atoms with Gasteiger partial charge in [0.1, 0.15) is 17.2 Å². The van der Waals surface area contributed by atoms with Crippen molar-refractivity contribution in [2.45, 2.75) is 4.90 Å². The number of amidine groups is 1. The summed E-state index contributed by atoms with van der Waals surface area (Å²) in [6, 6.07) is 8.11. The zero-order valence-electron chi connectivity index (χ0n) is 11.0. The summed E-state index contributed by atoms with van der Waals surface area (Å²) in [6.45, 7) is 3.97. The van der Waals surface area contributed by atoms with Gasteiger partial charge in [0.2, 0.25) is 0 Å². The van der Waals surface area contributed by atoms with Gasteiger partial charge in [0.25, 0.3) is 0 Å². The van der Waals surface area contributed by atoms with Crippen LogP contribution in [0.4, 0.5) is 0 Å². The standard InChI is InChI=1S/C15H16N2OS/c1-10(4-7-15(16)17-2)14-9-11-8-12(19-3)5-6-13(11)18-14/h4-9H,1H2,2-3H3,(H2,16,17)/b7-4-. The molecule has 0 fully saturated rings. The van der Waals surface area contributed by atoms with E-state index >= 15 is 0 Å². The Kier molecular flexibility index (Phi) is 4.12. The van der Waals surface area contributed by atoms with Gasteiger partial charge in [-0.15, -0.1) is 11.8 Å². The zero-order valence-corrected chi connectivity index (χ0v) is 11.8. The van der Waals surface area contributed by atoms with Gasteiger partial charge < -0.3 is 10.2 Å². The Hall–Kier alpha value is -1.94. The van der Waals surface area contributed by atoms with Crippen molar-refractivity contribution in [3.8, 4) is 0 Å². The normalized spacial score (nSPS) is 12.4. The van der Waals surface area contributed by atoms with Gasteiger partial charge in [-0.2, -0.15) is 0 Å². The van der Waals surface area contributed by atoms with Gasteiger partial charge in [-0.25, -0.2) is 0 Å². The second kappa shape index (κ2) is 5.80. The molecule has 1 heterocycles. The number of hydrogen-bond donors (Lipinski definition) is 1. The van der Waals surface area contributed by atoms with E-state index in [9.17, 15) is 0 Å². The lowest BCUT2D eigenvalue weighted by atomic mass is 10.2. The second-order valence-electron chi connectivity index (χ2n) is 4.02. The lowest BCUT2D eigenvalue weighted by Gasteiger charge is -1.94. The number of thioether (sulfide) groups is 1. The quantitative estimate of drug-likeness (QED) is 0.399. The van der Waals surface area contributed by atoms with Crippen LogP contribution in [0.2, 0.25) is 0 Å². The van der Waals surface area contributed by atoms with E-state index < -0.39 is 0 Å². The van der Waals surface area contributed by atoms with Crippen LogP contribution in [0.5, 0.6) is 0 Å². The van der Waals surface area contributed by atoms with Crippen LogP contribution in [0.25, 0.3) is 16.5 Å². The van der Waals surface area contributed by atoms with Crippen molar-refractivity contribution in [3.05, 3.63) is 48.8 Å². The van der Waals surface area contributed by atoms with E-state index in [2.05, 4.69) is 23.9 Å². The van der Waals surface area contributed by atoms with Crippen molar-refractivity contribution in [2.24, 2.45) is 10.7 Å². The Balaban J connectivity index is 2.30. The van der Waals surface area contributed by atoms with Crippen LogP contribution in [0.3, 0.4) is 0 Å². The summed E-state index contributed by atoms with van der Waals surface area (Å²) in [5.41, 5.74) is 7.23. The highest BCUT2D eigenvalue weighted by Gasteiger charge is 2.06. The maximum atomic E-state index is 5.75. The molecule has 2 aromatic rings. The molecule has 2 N–H and O–H groups in total. The number of aliphatic imine (C=N–C) groups is 1. The number of fused-ring (bicyclic) bond motifs is 1. The molecule has 0 aliphatic carbocycles. The van der Waals surface area contributed by atoms with Crippen molar-refractivity contribution in [1.29, 1.82) is 0 Å². The van der Waals surface area contributed by atoms with E-state index in [4.69, 9.17) is 10.2 Å². The molecule has 0 aliphatic rings. The van der Waals surface area contributed by atoms with E-state index in [0.717, 1.165) is 22.3 Å². The van der Waals surface area contributed by atoms with Gasteiger partial charge in [0.05, 0.1) is 0 Å². The van der Waals surface area contributed by atoms with E-state index in [1.807, 2.05) is 18.2 Å². The van der Waals surface area contributed by atoms with E-state index in [-0.39, 0.29) is 0 Å². The highest BCUT2D eigenvalue weighted by Crippen LogP contribution is 2.27. The van der Waals surface area contributed by atoms with Gasteiger partial charge in [0, 0.05) is 22.9 Å². The van der Waals surface area contributed by atoms with Crippen LogP contribution >= 0.6 is 11.8 Å². The van der Waals surface area contributed by atoms with E-state index in [1.165, 1.54) is 4.90 Å². The van der Waals surface area contributed by atoms with Gasteiger partial charge in [-0.3, -0.25) is 4.99 Å². The molecule has 1 aromatic carbocycles. The summed E-state index contributed by atoms with van der Waals surface area (Å²) >= 11 is 1.71. The number of rotatable bonds is 4. The largest absolute Gasteiger partial charge is 0.456 e. The molecular weight excluding hydrogens is 256 g/mol. The monoisotopic (exact) mass is 272 g/mol. The van der Waals surface area contributed by atoms with Crippen molar-refractivity contribution in [3.63, 3.8) is 0 Å². The first-order chi connectivity index (χ1) is 9.13. The third-order valence-corrected chi connectivity index (χ3v) is 3.48. The second-order valence-corrected chi connectivity index (χ2v) is 4.90. The summed E-state index contributed by atoms with van der Waals surface area (Å²) in [5.74, 6) is 1.20. The number of furan rings is 1. The average molecular weight is 272 g/mol. The molecule has 0 saturated carbocycles. The third-order valence-electron chi connectivity index (χ3n) is 2.75. The molecule has 19 heavy (non-hydrogen) atoms. The Labute approximate surface area is 116 Å². The van der Waals surface area contributed by atoms with Crippen LogP contribution < -0.4 is 5.73 Å². The molecule has 0 unspecified atom stereocenters. The fraction of sp³-hybridized carbons (Fsp3) is 0.133. The molecule has 0 amide bonds. The number of nitrogens with two attached hydrogens (primary N) is 1. The smallest absolute Gasteiger partial charge is 0.134 e. The zero-order chi connectivity index (χ0) is 13.8. The third kappa shape index (κ3) is 3.09. The number of benzene rings is 1. The first kappa shape index (κ1) is 13.5. The molecule has 0 bridgehead atoms. The lowest BCUT2D eigenvalue weighted by Crippen LogP contribution is -2.06. The minimum Gasteiger partial charge on any atom is -0.456 e. The Morgan fingerprint density at radius 3 is 2.84 bits per heavy atom. The maximum absolute atomic E-state index is 5.75. The Bertz CT molecular complexity index is 668. The van der Waals surface area contributed by atoms with Gasteiger partial charge in [-0.05, 0) is 42.7 Å². The molecule has 0 aliphatic heterocycles. The van der Waals surface area contributed by atoms with Gasteiger partial charge in [0.15, 0.2) is 0 Å². The predicted molar refractivity (Wildman–Crippen MR) is 83.7 cm³/mol. The molecule has 98 valence electrons. The molecule has 0 atom stereocenters. The summed E-state index contributed by atoms with van der Waals surface area (Å²) in [5, 5.41) is 1.08. The first-order valence-corrected chi connectivity index (χ1v) is 7.03. The minimum absolute atomic E-state index is 0.460. The van der Waals surface area contributed by atoms with Crippen LogP contribution in [-0.4, -0.2) is 19.1 Å². The SMILES string of the molecule is C=C(/C=C\C(N)=NC)c1cc2cc(SC)ccc2o1. The summed E-state index contributed by atoms with van der Waals surface area (Å²) < 4.78 is 5.75. The predicted octanol–water partition coefficient (Wildman–Crippen LogP) is 3.71. The van der Waals surface area contributed by atoms with Crippen molar-refractivity contribution >= 4 is 34.1 Å². The molecular formula is C15H16N2OS. The van der Waals surface area contributed by atoms with Crippen molar-refractivity contribution in [2.75, 3.05) is 13.3 Å². The van der Waals surface area contributed by atoms with Crippen LogP contribution in [0.15, 0.2) is 57.3 Å². The fourth-order valence-electron chi connectivity index (χ4n) is 1.65. The molecule has 3 nitrogen and oxygen atoms in total. The highest BCUT2D eigenvalue weighted by molar-refractivity contribution is 7.98. The Morgan fingerprint density at radius 2 is 2.16 bits per heavy atom. The molecule has 0 spiro atoms. The van der Waals surface area contributed by atoms with Crippen molar-refractivity contribution in [1.82, 2.24) is 0 Å². The molecule has 2 rings (SSSR count). The fourth-order valence-corrected chi connectivity index (χ4v) is 2.10. The summed E-state index contributed by atoms with van der Waals surface area (Å²) in [4.78, 5) is 5.06. The lowest BCUT2D eigenvalue weighted by molar-refractivity contribution is 0.601. The summed E-state index contributed by atoms with van der Waals surface area (Å²) in [7, 11) is 1.65. The topological polar surface area (TPSA) is 51.5 Å². The van der Waals surface area contributed by atoms with Gasteiger partial charge in [-0.1, -0.05) is 6.58 Å². The average Bonchev–Trinajstić information content (AvgIpc) is 2.86. The van der Waals surface area contributed by atoms with E-state index in [0.29, 0.717) is 5.84 Å². The minimum atomic E-state index is 0.460. The van der Waals surface area contributed by atoms with Crippen LogP contribution in [0, 0.1) is 0 Å². The highest BCUT2D eigenvalue weighted by atomic mass is 32.2. The number of allylic oxidation sites excluding steroid dienone is 2. The summed E-state index contributed by atoms with van der Waals surface area (Å²) in [6.07, 6.45) is 5.56. The molecule has 4 heteroatoms. The van der Waals surface area contributed by atoms with Gasteiger partial charge >= 0.3 is 0 Å². The molecule has 0 radical (unpaired) electrons. The van der Waals surface area contributed by atoms with Crippen LogP contribution in [0.1, 0.15) is 5.76 Å². The number of hydrogen-bond acceptors (Lipinski definition) is 3. The first-order valence-electron chi connectivity index (χ1n) is 5.81. The molecule has 1 aromatic heterocycles. The van der Waals surface area contributed by atoms with Crippen LogP contribution in [-0.2, 0) is 0 Å². The van der Waals surface area contributed by atoms with E-state index in [1.54, 1.807) is 31.0 Å². The number of nitrogens with zero attached hydrogens (tertiary/aromatic N) is 1. The molecule has 0 saturated heterocycles.